The predicted molar refractivity (Wildman–Crippen MR) is 132 cm³/mol. The number of halogens is 7. The molecule has 2 heterocycles. The zero-order valence-corrected chi connectivity index (χ0v) is 21.6. The van der Waals surface area contributed by atoms with Crippen molar-refractivity contribution in [3.8, 4) is 0 Å². The summed E-state index contributed by atoms with van der Waals surface area (Å²) in [4.78, 5) is 23.6. The lowest BCUT2D eigenvalue weighted by Gasteiger charge is -2.17. The average molecular weight is 575 g/mol. The van der Waals surface area contributed by atoms with Gasteiger partial charge in [-0.1, -0.05) is 12.1 Å². The number of amides is 1. The maximum atomic E-state index is 12.8. The van der Waals surface area contributed by atoms with Crippen molar-refractivity contribution in [2.24, 2.45) is 5.73 Å². The Morgan fingerprint density at radius 2 is 1.60 bits per heavy atom. The van der Waals surface area contributed by atoms with Gasteiger partial charge in [-0.15, -0.1) is 0 Å². The van der Waals surface area contributed by atoms with Crippen molar-refractivity contribution in [3.05, 3.63) is 82.3 Å². The van der Waals surface area contributed by atoms with Gasteiger partial charge >= 0.3 is 12.4 Å². The number of fused-ring (bicyclic) bond motifs is 1. The van der Waals surface area contributed by atoms with Gasteiger partial charge in [-0.25, -0.2) is 4.39 Å². The van der Waals surface area contributed by atoms with Crippen LogP contribution in [0, 0.1) is 12.7 Å². The van der Waals surface area contributed by atoms with Crippen LogP contribution in [0.1, 0.15) is 54.4 Å². The lowest BCUT2D eigenvalue weighted by molar-refractivity contribution is -0.143. The van der Waals surface area contributed by atoms with Crippen LogP contribution in [0.5, 0.6) is 0 Å². The molecule has 2 aliphatic heterocycles. The zero-order valence-electron chi connectivity index (χ0n) is 21.6. The molecule has 2 atom stereocenters. The van der Waals surface area contributed by atoms with E-state index in [0.717, 1.165) is 17.7 Å². The molecule has 1 aliphatic carbocycles. The molecule has 0 saturated carbocycles. The number of ether oxygens (including phenoxy) is 1. The van der Waals surface area contributed by atoms with Gasteiger partial charge in [0, 0.05) is 31.1 Å². The number of nitrogens with two attached hydrogens (primary N) is 1. The number of hydrogen-bond donors (Lipinski definition) is 1. The molecule has 2 fully saturated rings. The average Bonchev–Trinajstić information content (AvgIpc) is 3.54. The Balaban J connectivity index is 0.000000238. The molecule has 0 radical (unpaired) electrons. The molecule has 3 aliphatic rings. The second-order valence-corrected chi connectivity index (χ2v) is 9.81. The van der Waals surface area contributed by atoms with Crippen LogP contribution in [-0.2, 0) is 33.3 Å². The van der Waals surface area contributed by atoms with E-state index >= 15 is 0 Å². The zero-order chi connectivity index (χ0) is 29.7. The minimum absolute atomic E-state index is 0.00882. The van der Waals surface area contributed by atoms with Crippen LogP contribution in [0.4, 0.5) is 30.7 Å². The molecular weight excluding hydrogens is 545 g/mol. The van der Waals surface area contributed by atoms with E-state index in [1.165, 1.54) is 18.2 Å². The van der Waals surface area contributed by atoms with E-state index in [4.69, 9.17) is 10.5 Å². The third kappa shape index (κ3) is 9.07. The molecule has 2 aromatic rings. The largest absolute Gasteiger partial charge is 0.416 e. The summed E-state index contributed by atoms with van der Waals surface area (Å²) in [6.45, 7) is 1.82. The van der Waals surface area contributed by atoms with Gasteiger partial charge < -0.3 is 15.4 Å². The Morgan fingerprint density at radius 3 is 2.02 bits per heavy atom. The number of nitrogens with zero attached hydrogens (tertiary/aromatic N) is 1. The number of benzene rings is 2. The molecule has 0 spiro atoms. The molecule has 2 aromatic carbocycles. The van der Waals surface area contributed by atoms with Gasteiger partial charge in [0.05, 0.1) is 23.8 Å². The summed E-state index contributed by atoms with van der Waals surface area (Å²) in [6, 6.07) is 7.98. The summed E-state index contributed by atoms with van der Waals surface area (Å²) in [5, 5.41) is 0. The highest BCUT2D eigenvalue weighted by Crippen LogP contribution is 2.37. The fourth-order valence-corrected chi connectivity index (χ4v) is 4.55. The van der Waals surface area contributed by atoms with Crippen LogP contribution < -0.4 is 5.73 Å². The van der Waals surface area contributed by atoms with Crippen LogP contribution in [0.15, 0.2) is 54.2 Å². The van der Waals surface area contributed by atoms with E-state index < -0.39 is 23.5 Å². The Kier molecular flexibility index (Phi) is 9.99. The highest BCUT2D eigenvalue weighted by atomic mass is 19.4. The van der Waals surface area contributed by atoms with Crippen LogP contribution in [0.2, 0.25) is 0 Å². The van der Waals surface area contributed by atoms with Crippen molar-refractivity contribution >= 4 is 11.7 Å². The molecule has 12 heteroatoms. The van der Waals surface area contributed by atoms with Crippen molar-refractivity contribution < 1.29 is 45.1 Å². The molecule has 0 aromatic heterocycles. The minimum atomic E-state index is -4.88. The van der Waals surface area contributed by atoms with E-state index in [-0.39, 0.29) is 47.9 Å². The minimum Gasteiger partial charge on any atom is -0.402 e. The first-order chi connectivity index (χ1) is 18.6. The summed E-state index contributed by atoms with van der Waals surface area (Å²) >= 11 is 0. The molecule has 0 bridgehead atoms. The van der Waals surface area contributed by atoms with E-state index in [2.05, 4.69) is 0 Å². The smallest absolute Gasteiger partial charge is 0.402 e. The Bertz CT molecular complexity index is 1190. The first-order valence-corrected chi connectivity index (χ1v) is 12.5. The first-order valence-electron chi connectivity index (χ1n) is 12.5. The first kappa shape index (κ1) is 31.1. The van der Waals surface area contributed by atoms with Gasteiger partial charge in [-0.05, 0) is 73.7 Å². The fraction of sp³-hybridized carbons (Fsp3) is 0.429. The maximum Gasteiger partial charge on any atom is 0.416 e. The van der Waals surface area contributed by atoms with E-state index in [0.29, 0.717) is 44.4 Å². The number of rotatable bonds is 3. The number of carbonyl (C=O) groups excluding carboxylic acids is 2. The molecule has 2 unspecified atom stereocenters. The van der Waals surface area contributed by atoms with Gasteiger partial charge in [-0.2, -0.15) is 26.3 Å². The molecule has 5 rings (SSSR count). The molecule has 2 N–H and O–H groups in total. The highest BCUT2D eigenvalue weighted by molar-refractivity contribution is 5.92. The molecule has 2 saturated heterocycles. The summed E-state index contributed by atoms with van der Waals surface area (Å²) in [6.07, 6.45) is -5.52. The molecule has 40 heavy (non-hydrogen) atoms. The maximum absolute atomic E-state index is 12.8. The molecule has 5 nitrogen and oxygen atoms in total. The van der Waals surface area contributed by atoms with Gasteiger partial charge in [0.15, 0.2) is 5.78 Å². The van der Waals surface area contributed by atoms with Crippen molar-refractivity contribution in [1.29, 1.82) is 0 Å². The number of ketones is 1. The SMILES string of the molecule is Cc1cccc(F)c1.NC1=CC(=O)CC1.O=C1CCC2CC(OCc3cc(C(F)(F)F)cc(C(F)(F)F)c3)CN12. The summed E-state index contributed by atoms with van der Waals surface area (Å²) in [5.74, 6) is 0.0111. The number of allylic oxidation sites excluding steroid dienone is 2. The van der Waals surface area contributed by atoms with Gasteiger partial charge in [-0.3, -0.25) is 9.59 Å². The third-order valence-electron chi connectivity index (χ3n) is 6.51. The highest BCUT2D eigenvalue weighted by Gasteiger charge is 2.40. The van der Waals surface area contributed by atoms with Crippen LogP contribution in [-0.4, -0.2) is 35.3 Å². The van der Waals surface area contributed by atoms with Crippen LogP contribution in [0.25, 0.3) is 0 Å². The van der Waals surface area contributed by atoms with Crippen molar-refractivity contribution in [3.63, 3.8) is 0 Å². The summed E-state index contributed by atoms with van der Waals surface area (Å²) < 4.78 is 94.6. The molecule has 218 valence electrons. The second kappa shape index (κ2) is 12.8. The quantitative estimate of drug-likeness (QED) is 0.435. The summed E-state index contributed by atoms with van der Waals surface area (Å²) in [5.41, 5.74) is 4.04. The van der Waals surface area contributed by atoms with Crippen molar-refractivity contribution in [1.82, 2.24) is 4.90 Å². The summed E-state index contributed by atoms with van der Waals surface area (Å²) in [7, 11) is 0. The van der Waals surface area contributed by atoms with Gasteiger partial charge in [0.25, 0.3) is 0 Å². The lowest BCUT2D eigenvalue weighted by atomic mass is 10.0. The van der Waals surface area contributed by atoms with E-state index in [1.807, 2.05) is 13.0 Å². The monoisotopic (exact) mass is 574 g/mol. The topological polar surface area (TPSA) is 72.6 Å². The molecular formula is C28H29F7N2O3. The van der Waals surface area contributed by atoms with Gasteiger partial charge in [0.1, 0.15) is 5.82 Å². The van der Waals surface area contributed by atoms with Crippen LogP contribution in [0.3, 0.4) is 0 Å². The Labute approximate surface area is 226 Å². The lowest BCUT2D eigenvalue weighted by Crippen LogP contribution is -2.28. The van der Waals surface area contributed by atoms with Crippen LogP contribution >= 0.6 is 0 Å². The van der Waals surface area contributed by atoms with E-state index in [1.54, 1.807) is 11.0 Å². The Morgan fingerprint density at radius 1 is 0.950 bits per heavy atom. The normalized spacial score (nSPS) is 20.4. The Hall–Kier alpha value is -3.41. The predicted octanol–water partition coefficient (Wildman–Crippen LogP) is 6.33. The number of carbonyl (C=O) groups is 2. The molecule has 1 amide bonds. The second-order valence-electron chi connectivity index (χ2n) is 9.81. The van der Waals surface area contributed by atoms with Crippen molar-refractivity contribution in [2.75, 3.05) is 6.54 Å². The van der Waals surface area contributed by atoms with E-state index in [9.17, 15) is 40.3 Å². The standard InChI is InChI=1S/C16H15F6NO2.C7H7F.C5H7NO/c17-15(18,19)10-3-9(4-11(5-10)16(20,21)22)8-25-13-6-12-1-2-14(24)23(12)7-13;1-6-3-2-4-7(8)5-6;6-4-1-2-5(7)3-4/h3-5,12-13H,1-2,6-8H2;2-5H,1H3;3H,1-2,6H2. The number of alkyl halides is 6. The number of aryl methyl sites for hydroxylation is 1. The number of hydrogen-bond acceptors (Lipinski definition) is 4. The van der Waals surface area contributed by atoms with Gasteiger partial charge in [0.2, 0.25) is 5.91 Å². The fourth-order valence-electron chi connectivity index (χ4n) is 4.55. The third-order valence-corrected chi connectivity index (χ3v) is 6.51. The van der Waals surface area contributed by atoms with Crippen molar-refractivity contribution in [2.45, 2.75) is 70.1 Å².